The van der Waals surface area contributed by atoms with Gasteiger partial charge in [-0.05, 0) is 36.8 Å². The number of hydrogen-bond donors (Lipinski definition) is 2. The summed E-state index contributed by atoms with van der Waals surface area (Å²) in [5.41, 5.74) is 3.35. The number of thiazole rings is 1. The number of rotatable bonds is 6. The summed E-state index contributed by atoms with van der Waals surface area (Å²) in [6, 6.07) is 10.8. The van der Waals surface area contributed by atoms with E-state index in [0.29, 0.717) is 32.9 Å². The van der Waals surface area contributed by atoms with Gasteiger partial charge in [0.15, 0.2) is 0 Å². The van der Waals surface area contributed by atoms with E-state index in [1.54, 1.807) is 42.8 Å². The van der Waals surface area contributed by atoms with Crippen molar-refractivity contribution in [3.8, 4) is 22.2 Å². The predicted octanol–water partition coefficient (Wildman–Crippen LogP) is 6.34. The van der Waals surface area contributed by atoms with E-state index in [4.69, 9.17) is 4.74 Å². The number of ether oxygens (including phenoxy) is 2. The van der Waals surface area contributed by atoms with Crippen molar-refractivity contribution in [2.75, 3.05) is 14.2 Å². The molecule has 0 saturated heterocycles. The molecule has 0 fully saturated rings. The van der Waals surface area contributed by atoms with E-state index < -0.39 is 12.2 Å². The van der Waals surface area contributed by atoms with E-state index in [2.05, 4.69) is 20.0 Å². The zero-order valence-corrected chi connectivity index (χ0v) is 18.6. The fourth-order valence-corrected chi connectivity index (χ4v) is 4.35. The smallest absolute Gasteiger partial charge is 0.497 e. The van der Waals surface area contributed by atoms with Crippen molar-refractivity contribution in [3.63, 3.8) is 0 Å². The maximum Gasteiger partial charge on any atom is 0.574 e. The fourth-order valence-electron chi connectivity index (χ4n) is 3.48. The number of aromatic nitrogens is 2. The second kappa shape index (κ2) is 8.78. The molecule has 0 aliphatic carbocycles. The number of halogens is 4. The molecule has 172 valence electrons. The Bertz CT molecular complexity index is 1320. The molecule has 0 amide bonds. The molecule has 0 aliphatic heterocycles. The Kier molecular flexibility index (Phi) is 6.03. The van der Waals surface area contributed by atoms with Crippen LogP contribution in [-0.2, 0) is 0 Å². The average molecular weight is 477 g/mol. The van der Waals surface area contributed by atoms with Gasteiger partial charge in [0.1, 0.15) is 16.6 Å². The molecule has 0 unspecified atom stereocenters. The summed E-state index contributed by atoms with van der Waals surface area (Å²) >= 11 is 1.18. The molecule has 5 nitrogen and oxygen atoms in total. The first kappa shape index (κ1) is 22.7. The lowest BCUT2D eigenvalue weighted by molar-refractivity contribution is -0.275. The third kappa shape index (κ3) is 4.65. The van der Waals surface area contributed by atoms with Crippen LogP contribution in [0, 0.1) is 5.82 Å². The van der Waals surface area contributed by atoms with Crippen LogP contribution >= 0.6 is 11.3 Å². The van der Waals surface area contributed by atoms with Gasteiger partial charge in [0, 0.05) is 35.2 Å². The van der Waals surface area contributed by atoms with Gasteiger partial charge in [0.2, 0.25) is 5.88 Å². The van der Waals surface area contributed by atoms with Gasteiger partial charge in [0.25, 0.3) is 0 Å². The van der Waals surface area contributed by atoms with E-state index in [1.807, 2.05) is 6.92 Å². The number of hydrogen-bond acceptors (Lipinski definition) is 5. The molecule has 2 aromatic carbocycles. The van der Waals surface area contributed by atoms with Crippen LogP contribution in [0.4, 0.5) is 17.6 Å². The van der Waals surface area contributed by atoms with Crippen molar-refractivity contribution < 1.29 is 27.0 Å². The Hall–Kier alpha value is -3.53. The summed E-state index contributed by atoms with van der Waals surface area (Å²) in [7, 11) is 3.22. The van der Waals surface area contributed by atoms with E-state index >= 15 is 0 Å². The summed E-state index contributed by atoms with van der Waals surface area (Å²) in [6.07, 6.45) is -4.89. The maximum absolute atomic E-state index is 13.4. The standard InChI is InChI=1S/C23H19F4N3O2S/c1-12(28-2)19(13-4-6-14(24)7-5-13)18-11-33-22(30-18)20-16-9-8-15(31-3)10-17(16)29-21(20)32-23(25,26)27/h4-11,28-29H,1-3H3/b19-12+. The van der Waals surface area contributed by atoms with Crippen molar-refractivity contribution in [1.82, 2.24) is 15.3 Å². The molecule has 0 bridgehead atoms. The third-order valence-corrected chi connectivity index (χ3v) is 5.91. The molecular weight excluding hydrogens is 458 g/mol. The van der Waals surface area contributed by atoms with Crippen LogP contribution in [0.1, 0.15) is 18.2 Å². The number of nitrogens with one attached hydrogen (secondary N) is 2. The normalized spacial score (nSPS) is 12.6. The Morgan fingerprint density at radius 1 is 1.12 bits per heavy atom. The predicted molar refractivity (Wildman–Crippen MR) is 120 cm³/mol. The van der Waals surface area contributed by atoms with Crippen molar-refractivity contribution in [2.24, 2.45) is 0 Å². The molecule has 2 aromatic heterocycles. The first-order valence-corrected chi connectivity index (χ1v) is 10.6. The second-order valence-electron chi connectivity index (χ2n) is 7.08. The highest BCUT2D eigenvalue weighted by atomic mass is 32.1. The Morgan fingerprint density at radius 2 is 1.85 bits per heavy atom. The second-order valence-corrected chi connectivity index (χ2v) is 7.94. The molecule has 2 heterocycles. The van der Waals surface area contributed by atoms with Gasteiger partial charge in [-0.3, -0.25) is 0 Å². The number of alkyl halides is 3. The molecule has 0 saturated carbocycles. The molecular formula is C23H19F4N3O2S. The summed E-state index contributed by atoms with van der Waals surface area (Å²) < 4.78 is 62.3. The lowest BCUT2D eigenvalue weighted by atomic mass is 10.0. The van der Waals surface area contributed by atoms with E-state index in [-0.39, 0.29) is 11.4 Å². The lowest BCUT2D eigenvalue weighted by Gasteiger charge is -2.11. The maximum atomic E-state index is 13.4. The fraction of sp³-hybridized carbons (Fsp3) is 0.174. The zero-order valence-electron chi connectivity index (χ0n) is 17.8. The number of methoxy groups -OCH3 is 1. The number of allylic oxidation sites excluding steroid dienone is 1. The van der Waals surface area contributed by atoms with Crippen LogP contribution in [0.15, 0.2) is 53.5 Å². The van der Waals surface area contributed by atoms with Crippen molar-refractivity contribution >= 4 is 27.8 Å². The summed E-state index contributed by atoms with van der Waals surface area (Å²) in [6.45, 7) is 1.84. The highest BCUT2D eigenvalue weighted by Crippen LogP contribution is 2.43. The molecule has 0 spiro atoms. The number of benzene rings is 2. The average Bonchev–Trinajstić information content (AvgIpc) is 3.37. The molecule has 0 aliphatic rings. The van der Waals surface area contributed by atoms with Gasteiger partial charge in [-0.25, -0.2) is 9.37 Å². The molecule has 0 atom stereocenters. The minimum Gasteiger partial charge on any atom is -0.497 e. The summed E-state index contributed by atoms with van der Waals surface area (Å²) in [5, 5.41) is 5.65. The van der Waals surface area contributed by atoms with E-state index in [0.717, 1.165) is 11.3 Å². The van der Waals surface area contributed by atoms with Gasteiger partial charge in [-0.2, -0.15) is 0 Å². The van der Waals surface area contributed by atoms with Crippen LogP contribution in [0.2, 0.25) is 0 Å². The van der Waals surface area contributed by atoms with E-state index in [9.17, 15) is 17.6 Å². The quantitative estimate of drug-likeness (QED) is 0.318. The molecule has 33 heavy (non-hydrogen) atoms. The monoisotopic (exact) mass is 477 g/mol. The number of H-pyrrole nitrogens is 1. The van der Waals surface area contributed by atoms with Crippen LogP contribution in [0.3, 0.4) is 0 Å². The number of fused-ring (bicyclic) bond motifs is 1. The zero-order chi connectivity index (χ0) is 23.8. The minimum absolute atomic E-state index is 0.196. The Morgan fingerprint density at radius 3 is 2.48 bits per heavy atom. The third-order valence-electron chi connectivity index (χ3n) is 5.05. The molecule has 4 aromatic rings. The van der Waals surface area contributed by atoms with Crippen molar-refractivity contribution in [1.29, 1.82) is 0 Å². The van der Waals surface area contributed by atoms with E-state index in [1.165, 1.54) is 30.6 Å². The van der Waals surface area contributed by atoms with Crippen LogP contribution < -0.4 is 14.8 Å². The van der Waals surface area contributed by atoms with Crippen molar-refractivity contribution in [2.45, 2.75) is 13.3 Å². The van der Waals surface area contributed by atoms with Gasteiger partial charge in [0.05, 0.1) is 23.9 Å². The van der Waals surface area contributed by atoms with Crippen LogP contribution in [-0.4, -0.2) is 30.5 Å². The molecule has 4 rings (SSSR count). The van der Waals surface area contributed by atoms with Crippen LogP contribution in [0.5, 0.6) is 11.6 Å². The Labute approximate surface area is 190 Å². The summed E-state index contributed by atoms with van der Waals surface area (Å²) in [4.78, 5) is 7.32. The van der Waals surface area contributed by atoms with Gasteiger partial charge < -0.3 is 19.8 Å². The molecule has 10 heteroatoms. The van der Waals surface area contributed by atoms with Crippen molar-refractivity contribution in [3.05, 3.63) is 70.6 Å². The van der Waals surface area contributed by atoms with Crippen LogP contribution in [0.25, 0.3) is 27.0 Å². The molecule has 0 radical (unpaired) electrons. The van der Waals surface area contributed by atoms with Gasteiger partial charge >= 0.3 is 6.36 Å². The Balaban J connectivity index is 1.87. The molecule has 2 N–H and O–H groups in total. The van der Waals surface area contributed by atoms with Gasteiger partial charge in [-0.1, -0.05) is 12.1 Å². The van der Waals surface area contributed by atoms with Gasteiger partial charge in [-0.15, -0.1) is 24.5 Å². The largest absolute Gasteiger partial charge is 0.574 e. The topological polar surface area (TPSA) is 59.2 Å². The highest BCUT2D eigenvalue weighted by molar-refractivity contribution is 7.13. The number of aromatic amines is 1. The lowest BCUT2D eigenvalue weighted by Crippen LogP contribution is -2.17. The highest BCUT2D eigenvalue weighted by Gasteiger charge is 2.34. The number of nitrogens with zero attached hydrogens (tertiary/aromatic N) is 1. The first-order chi connectivity index (χ1) is 15.7. The SMILES string of the molecule is CN/C(C)=C(\c1ccc(F)cc1)c1csc(-c2c(OC(F)(F)F)[nH]c3cc(OC)ccc23)n1. The first-order valence-electron chi connectivity index (χ1n) is 9.76. The minimum atomic E-state index is -4.89. The summed E-state index contributed by atoms with van der Waals surface area (Å²) in [5.74, 6) is -0.341.